The molecule has 0 amide bonds. The Kier molecular flexibility index (Phi) is 4.51. The lowest BCUT2D eigenvalue weighted by molar-refractivity contribution is 0.101. The molecule has 4 nitrogen and oxygen atoms in total. The number of rotatable bonds is 4. The number of benzene rings is 3. The zero-order valence-electron chi connectivity index (χ0n) is 15.8. The lowest BCUT2D eigenvalue weighted by Crippen LogP contribution is -2.04. The van der Waals surface area contributed by atoms with Gasteiger partial charge in [0.1, 0.15) is 11.3 Å². The van der Waals surface area contributed by atoms with Gasteiger partial charge in [-0.05, 0) is 43.7 Å². The standard InChI is InChI=1S/C24H17FO4/c1-13(26)21-14(2)29-24-18(15-7-4-3-5-8-15)11-16(12-19(21)24)22(27)17-9-6-10-20(25)23(17)28/h3-12,28H,1-2H3. The first-order valence-electron chi connectivity index (χ1n) is 9.04. The smallest absolute Gasteiger partial charge is 0.196 e. The summed E-state index contributed by atoms with van der Waals surface area (Å²) in [5, 5.41) is 10.5. The molecule has 3 aromatic carbocycles. The van der Waals surface area contributed by atoms with E-state index in [-0.39, 0.29) is 16.9 Å². The highest BCUT2D eigenvalue weighted by Crippen LogP contribution is 2.36. The first kappa shape index (κ1) is 18.6. The molecule has 1 N–H and O–H groups in total. The molecule has 144 valence electrons. The largest absolute Gasteiger partial charge is 0.504 e. The average molecular weight is 388 g/mol. The molecule has 4 aromatic rings. The van der Waals surface area contributed by atoms with Gasteiger partial charge in [0, 0.05) is 16.5 Å². The van der Waals surface area contributed by atoms with Crippen LogP contribution in [0.1, 0.15) is 39.0 Å². The Morgan fingerprint density at radius 1 is 1.00 bits per heavy atom. The van der Waals surface area contributed by atoms with Gasteiger partial charge in [-0.25, -0.2) is 4.39 Å². The maximum atomic E-state index is 13.8. The molecule has 0 spiro atoms. The van der Waals surface area contributed by atoms with Crippen molar-refractivity contribution < 1.29 is 23.5 Å². The van der Waals surface area contributed by atoms with Crippen LogP contribution in [0.5, 0.6) is 5.75 Å². The first-order valence-corrected chi connectivity index (χ1v) is 9.04. The summed E-state index contributed by atoms with van der Waals surface area (Å²) in [6.07, 6.45) is 0. The number of carbonyl (C=O) groups is 2. The van der Waals surface area contributed by atoms with Crippen molar-refractivity contribution in [3.8, 4) is 16.9 Å². The second kappa shape index (κ2) is 7.02. The van der Waals surface area contributed by atoms with Gasteiger partial charge in [0.2, 0.25) is 0 Å². The van der Waals surface area contributed by atoms with Crippen LogP contribution in [0.15, 0.2) is 65.1 Å². The highest BCUT2D eigenvalue weighted by atomic mass is 19.1. The Labute approximate surface area is 166 Å². The Bertz CT molecular complexity index is 1270. The molecule has 5 heteroatoms. The van der Waals surface area contributed by atoms with Gasteiger partial charge >= 0.3 is 0 Å². The summed E-state index contributed by atoms with van der Waals surface area (Å²) in [7, 11) is 0. The lowest BCUT2D eigenvalue weighted by atomic mass is 9.94. The van der Waals surface area contributed by atoms with Gasteiger partial charge in [0.05, 0.1) is 11.1 Å². The molecule has 1 heterocycles. The van der Waals surface area contributed by atoms with Crippen LogP contribution in [0.3, 0.4) is 0 Å². The number of carbonyl (C=O) groups excluding carboxylic acids is 2. The van der Waals surface area contributed by atoms with Crippen molar-refractivity contribution in [2.45, 2.75) is 13.8 Å². The van der Waals surface area contributed by atoms with Crippen molar-refractivity contribution in [1.82, 2.24) is 0 Å². The lowest BCUT2D eigenvalue weighted by Gasteiger charge is -2.09. The van der Waals surface area contributed by atoms with E-state index < -0.39 is 17.3 Å². The number of furan rings is 1. The van der Waals surface area contributed by atoms with Crippen LogP contribution in [0.2, 0.25) is 0 Å². The normalized spacial score (nSPS) is 11.0. The van der Waals surface area contributed by atoms with Gasteiger partial charge in [-0.2, -0.15) is 0 Å². The predicted octanol–water partition coefficient (Wildman–Crippen LogP) is 5.69. The molecule has 29 heavy (non-hydrogen) atoms. The van der Waals surface area contributed by atoms with E-state index in [4.69, 9.17) is 4.42 Å². The third-order valence-corrected chi connectivity index (χ3v) is 4.90. The second-order valence-electron chi connectivity index (χ2n) is 6.82. The fraction of sp³-hybridized carbons (Fsp3) is 0.0833. The zero-order chi connectivity index (χ0) is 20.7. The topological polar surface area (TPSA) is 67.5 Å². The number of fused-ring (bicyclic) bond motifs is 1. The van der Waals surface area contributed by atoms with Crippen LogP contribution in [0.4, 0.5) is 4.39 Å². The molecular formula is C24H17FO4. The van der Waals surface area contributed by atoms with Gasteiger partial charge in [0.25, 0.3) is 0 Å². The molecule has 0 fully saturated rings. The van der Waals surface area contributed by atoms with Gasteiger partial charge in [-0.3, -0.25) is 9.59 Å². The third kappa shape index (κ3) is 3.10. The third-order valence-electron chi connectivity index (χ3n) is 4.90. The number of aryl methyl sites for hydroxylation is 1. The Balaban J connectivity index is 2.03. The number of aromatic hydroxyl groups is 1. The first-order chi connectivity index (χ1) is 13.9. The van der Waals surface area contributed by atoms with Crippen molar-refractivity contribution in [2.75, 3.05) is 0 Å². The Morgan fingerprint density at radius 2 is 1.72 bits per heavy atom. The van der Waals surface area contributed by atoms with E-state index >= 15 is 0 Å². The summed E-state index contributed by atoms with van der Waals surface area (Å²) in [5.41, 5.74) is 2.42. The van der Waals surface area contributed by atoms with Crippen molar-refractivity contribution >= 4 is 22.5 Å². The molecule has 0 aliphatic heterocycles. The van der Waals surface area contributed by atoms with Crippen LogP contribution in [0.25, 0.3) is 22.1 Å². The number of hydrogen-bond acceptors (Lipinski definition) is 4. The van der Waals surface area contributed by atoms with Crippen LogP contribution in [-0.2, 0) is 0 Å². The average Bonchev–Trinajstić information content (AvgIpc) is 3.05. The van der Waals surface area contributed by atoms with Gasteiger partial charge in [0.15, 0.2) is 23.1 Å². The van der Waals surface area contributed by atoms with Crippen molar-refractivity contribution in [1.29, 1.82) is 0 Å². The fourth-order valence-electron chi connectivity index (χ4n) is 3.57. The molecule has 0 radical (unpaired) electrons. The van der Waals surface area contributed by atoms with E-state index in [0.717, 1.165) is 11.6 Å². The maximum absolute atomic E-state index is 13.8. The van der Waals surface area contributed by atoms with E-state index in [1.165, 1.54) is 19.1 Å². The molecule has 4 rings (SSSR count). The summed E-state index contributed by atoms with van der Waals surface area (Å²) in [5.74, 6) is -1.84. The van der Waals surface area contributed by atoms with Crippen LogP contribution < -0.4 is 0 Å². The van der Waals surface area contributed by atoms with Gasteiger partial charge in [-0.15, -0.1) is 0 Å². The number of phenols is 1. The monoisotopic (exact) mass is 388 g/mol. The minimum absolute atomic E-state index is 0.145. The molecule has 1 aromatic heterocycles. The van der Waals surface area contributed by atoms with E-state index in [0.29, 0.717) is 27.9 Å². The Morgan fingerprint density at radius 3 is 2.41 bits per heavy atom. The number of para-hydroxylation sites is 1. The van der Waals surface area contributed by atoms with Gasteiger partial charge in [-0.1, -0.05) is 36.4 Å². The quantitative estimate of drug-likeness (QED) is 0.456. The number of hydrogen-bond donors (Lipinski definition) is 1. The van der Waals surface area contributed by atoms with E-state index in [9.17, 15) is 19.1 Å². The number of Topliss-reactive ketones (excluding diaryl/α,β-unsaturated/α-hetero) is 1. The van der Waals surface area contributed by atoms with Crippen LogP contribution in [0, 0.1) is 12.7 Å². The molecule has 0 bridgehead atoms. The molecular weight excluding hydrogens is 371 g/mol. The zero-order valence-corrected chi connectivity index (χ0v) is 15.8. The summed E-state index contributed by atoms with van der Waals surface area (Å²) in [4.78, 5) is 25.3. The summed E-state index contributed by atoms with van der Waals surface area (Å²) < 4.78 is 19.7. The van der Waals surface area contributed by atoms with E-state index in [2.05, 4.69) is 0 Å². The van der Waals surface area contributed by atoms with Crippen molar-refractivity contribution in [3.05, 3.63) is 88.9 Å². The molecule has 0 unspecified atom stereocenters. The molecule has 0 atom stereocenters. The van der Waals surface area contributed by atoms with Crippen molar-refractivity contribution in [3.63, 3.8) is 0 Å². The van der Waals surface area contributed by atoms with Gasteiger partial charge < -0.3 is 9.52 Å². The second-order valence-corrected chi connectivity index (χ2v) is 6.82. The predicted molar refractivity (Wildman–Crippen MR) is 108 cm³/mol. The molecule has 0 aliphatic rings. The number of halogens is 1. The SMILES string of the molecule is CC(=O)c1c(C)oc2c(-c3ccccc3)cc(C(=O)c3cccc(F)c3O)cc12. The molecule has 0 saturated heterocycles. The number of ketones is 2. The van der Waals surface area contributed by atoms with Crippen LogP contribution in [-0.4, -0.2) is 16.7 Å². The summed E-state index contributed by atoms with van der Waals surface area (Å²) >= 11 is 0. The minimum atomic E-state index is -0.871. The Hall–Kier alpha value is -3.73. The van der Waals surface area contributed by atoms with Crippen molar-refractivity contribution in [2.24, 2.45) is 0 Å². The summed E-state index contributed by atoms with van der Waals surface area (Å²) in [6, 6.07) is 16.3. The van der Waals surface area contributed by atoms with E-state index in [1.54, 1.807) is 19.1 Å². The highest BCUT2D eigenvalue weighted by Gasteiger charge is 2.23. The minimum Gasteiger partial charge on any atom is -0.504 e. The van der Waals surface area contributed by atoms with Crippen LogP contribution >= 0.6 is 0 Å². The highest BCUT2D eigenvalue weighted by molar-refractivity contribution is 6.16. The van der Waals surface area contributed by atoms with E-state index in [1.807, 2.05) is 30.3 Å². The maximum Gasteiger partial charge on any atom is 0.196 e. The molecule has 0 aliphatic carbocycles. The summed E-state index contributed by atoms with van der Waals surface area (Å²) in [6.45, 7) is 3.14. The number of phenolic OH excluding ortho intramolecular Hbond substituents is 1. The molecule has 0 saturated carbocycles. The fourth-order valence-corrected chi connectivity index (χ4v) is 3.57.